The van der Waals surface area contributed by atoms with Crippen molar-refractivity contribution in [3.05, 3.63) is 51.3 Å². The van der Waals surface area contributed by atoms with Crippen LogP contribution in [0.15, 0.2) is 36.5 Å². The molecular weight excluding hydrogens is 364 g/mol. The molecule has 0 saturated heterocycles. The molecule has 0 bridgehead atoms. The first-order valence-corrected chi connectivity index (χ1v) is 10.8. The van der Waals surface area contributed by atoms with Crippen LogP contribution in [0.5, 0.6) is 0 Å². The van der Waals surface area contributed by atoms with Crippen LogP contribution in [0.3, 0.4) is 0 Å². The van der Waals surface area contributed by atoms with Crippen molar-refractivity contribution in [2.45, 2.75) is 25.7 Å². The molecule has 2 aromatic heterocycles. The molecule has 3 aromatic rings. The highest BCUT2D eigenvalue weighted by Crippen LogP contribution is 2.39. The van der Waals surface area contributed by atoms with E-state index >= 15 is 0 Å². The largest absolute Gasteiger partial charge is 0.359 e. The summed E-state index contributed by atoms with van der Waals surface area (Å²) in [4.78, 5) is 4.47. The van der Waals surface area contributed by atoms with Crippen LogP contribution < -0.4 is 4.72 Å². The lowest BCUT2D eigenvalue weighted by Gasteiger charge is -2.14. The minimum Gasteiger partial charge on any atom is -0.359 e. The maximum atomic E-state index is 11.6. The van der Waals surface area contributed by atoms with E-state index in [-0.39, 0.29) is 5.92 Å². The van der Waals surface area contributed by atoms with Crippen LogP contribution >= 0.6 is 22.9 Å². The summed E-state index contributed by atoms with van der Waals surface area (Å²) in [6.45, 7) is 2.16. The van der Waals surface area contributed by atoms with Crippen LogP contribution in [0.2, 0.25) is 4.34 Å². The van der Waals surface area contributed by atoms with Crippen molar-refractivity contribution in [3.8, 4) is 0 Å². The Balaban J connectivity index is 2.10. The predicted molar refractivity (Wildman–Crippen MR) is 103 cm³/mol. The first-order chi connectivity index (χ1) is 11.4. The molecule has 0 amide bonds. The lowest BCUT2D eigenvalue weighted by molar-refractivity contribution is 0.607. The molecule has 2 heterocycles. The fraction of sp³-hybridized carbons (Fsp3) is 0.294. The molecule has 0 aliphatic carbocycles. The molecule has 0 spiro atoms. The second-order valence-electron chi connectivity index (χ2n) is 5.83. The lowest BCUT2D eigenvalue weighted by Crippen LogP contribution is -2.09. The molecule has 24 heavy (non-hydrogen) atoms. The number of sulfonamides is 1. The number of fused-ring (bicyclic) bond motifs is 1. The molecular formula is C17H19ClN2O2S2. The average Bonchev–Trinajstić information content (AvgIpc) is 3.10. The maximum Gasteiger partial charge on any atom is 0.229 e. The molecule has 1 unspecified atom stereocenters. The van der Waals surface area contributed by atoms with E-state index in [9.17, 15) is 8.42 Å². The first kappa shape index (κ1) is 17.3. The van der Waals surface area contributed by atoms with Gasteiger partial charge < -0.3 is 4.98 Å². The van der Waals surface area contributed by atoms with Crippen molar-refractivity contribution in [1.29, 1.82) is 0 Å². The van der Waals surface area contributed by atoms with E-state index in [0.29, 0.717) is 5.69 Å². The molecule has 4 nitrogen and oxygen atoms in total. The van der Waals surface area contributed by atoms with Gasteiger partial charge in [0.15, 0.2) is 0 Å². The van der Waals surface area contributed by atoms with Crippen molar-refractivity contribution in [2.24, 2.45) is 0 Å². The molecule has 3 rings (SSSR count). The van der Waals surface area contributed by atoms with Crippen LogP contribution in [0.4, 0.5) is 5.69 Å². The van der Waals surface area contributed by atoms with Gasteiger partial charge in [-0.1, -0.05) is 37.1 Å². The van der Waals surface area contributed by atoms with Gasteiger partial charge in [0.05, 0.1) is 21.8 Å². The Kier molecular flexibility index (Phi) is 4.90. The van der Waals surface area contributed by atoms with Crippen molar-refractivity contribution in [3.63, 3.8) is 0 Å². The summed E-state index contributed by atoms with van der Waals surface area (Å²) in [5, 5.41) is 1.03. The molecule has 1 atom stereocenters. The van der Waals surface area contributed by atoms with Gasteiger partial charge in [0.25, 0.3) is 0 Å². The summed E-state index contributed by atoms with van der Waals surface area (Å²) < 4.78 is 26.5. The summed E-state index contributed by atoms with van der Waals surface area (Å²) in [6, 6.07) is 9.66. The number of aromatic amines is 1. The Bertz CT molecular complexity index is 960. The van der Waals surface area contributed by atoms with Gasteiger partial charge in [-0.05, 0) is 30.2 Å². The topological polar surface area (TPSA) is 62.0 Å². The number of para-hydroxylation sites is 1. The van der Waals surface area contributed by atoms with Gasteiger partial charge in [0, 0.05) is 22.4 Å². The van der Waals surface area contributed by atoms with Crippen LogP contribution in [0, 0.1) is 0 Å². The third kappa shape index (κ3) is 3.61. The smallest absolute Gasteiger partial charge is 0.229 e. The first-order valence-electron chi connectivity index (χ1n) is 7.72. The van der Waals surface area contributed by atoms with E-state index in [0.717, 1.165) is 34.3 Å². The summed E-state index contributed by atoms with van der Waals surface area (Å²) >= 11 is 7.71. The quantitative estimate of drug-likeness (QED) is 0.616. The van der Waals surface area contributed by atoms with Gasteiger partial charge in [-0.25, -0.2) is 8.42 Å². The number of hydrogen-bond donors (Lipinski definition) is 2. The zero-order chi connectivity index (χ0) is 17.3. The van der Waals surface area contributed by atoms with E-state index in [4.69, 9.17) is 11.6 Å². The highest BCUT2D eigenvalue weighted by molar-refractivity contribution is 7.92. The number of rotatable bonds is 6. The fourth-order valence-electron chi connectivity index (χ4n) is 3.00. The van der Waals surface area contributed by atoms with E-state index < -0.39 is 10.0 Å². The second kappa shape index (κ2) is 6.78. The monoisotopic (exact) mass is 382 g/mol. The average molecular weight is 383 g/mol. The molecule has 2 N–H and O–H groups in total. The van der Waals surface area contributed by atoms with Crippen molar-refractivity contribution in [2.75, 3.05) is 11.0 Å². The molecule has 128 valence electrons. The molecule has 7 heteroatoms. The standard InChI is InChI=1S/C17H19ClN2O2S2/c1-3-5-11(15-8-9-16(18)23-15)13-10-19-17-12(13)6-4-7-14(17)20-24(2,21)22/h4,6-11,19-20H,3,5H2,1-2H3. The Morgan fingerprint density at radius 1 is 1.29 bits per heavy atom. The van der Waals surface area contributed by atoms with Gasteiger partial charge in [0.1, 0.15) is 0 Å². The van der Waals surface area contributed by atoms with Gasteiger partial charge in [-0.2, -0.15) is 0 Å². The number of benzene rings is 1. The number of thiophene rings is 1. The van der Waals surface area contributed by atoms with Crippen LogP contribution in [0.1, 0.15) is 36.1 Å². The third-order valence-electron chi connectivity index (χ3n) is 3.93. The minimum atomic E-state index is -3.32. The van der Waals surface area contributed by atoms with Crippen molar-refractivity contribution in [1.82, 2.24) is 4.98 Å². The minimum absolute atomic E-state index is 0.245. The molecule has 0 saturated carbocycles. The summed E-state index contributed by atoms with van der Waals surface area (Å²) in [5.41, 5.74) is 2.55. The maximum absolute atomic E-state index is 11.6. The molecule has 0 fully saturated rings. The Morgan fingerprint density at radius 3 is 2.71 bits per heavy atom. The summed E-state index contributed by atoms with van der Waals surface area (Å²) in [6.07, 6.45) is 5.19. The van der Waals surface area contributed by atoms with E-state index in [1.54, 1.807) is 17.4 Å². The zero-order valence-electron chi connectivity index (χ0n) is 13.5. The molecule has 0 radical (unpaired) electrons. The molecule has 1 aromatic carbocycles. The number of halogens is 1. The van der Waals surface area contributed by atoms with E-state index in [1.165, 1.54) is 10.4 Å². The highest BCUT2D eigenvalue weighted by Gasteiger charge is 2.20. The SMILES string of the molecule is CCCC(c1ccc(Cl)s1)c1c[nH]c2c(NS(C)(=O)=O)cccc12. The Labute approximate surface area is 150 Å². The lowest BCUT2D eigenvalue weighted by atomic mass is 9.92. The molecule has 0 aliphatic rings. The zero-order valence-corrected chi connectivity index (χ0v) is 15.9. The van der Waals surface area contributed by atoms with Crippen LogP contribution in [-0.4, -0.2) is 19.7 Å². The number of hydrogen-bond acceptors (Lipinski definition) is 3. The van der Waals surface area contributed by atoms with Crippen LogP contribution in [-0.2, 0) is 10.0 Å². The number of anilines is 1. The van der Waals surface area contributed by atoms with Crippen molar-refractivity contribution >= 4 is 49.6 Å². The predicted octanol–water partition coefficient (Wildman–Crippen LogP) is 5.19. The normalized spacial score (nSPS) is 13.3. The van der Waals surface area contributed by atoms with Gasteiger partial charge in [0.2, 0.25) is 10.0 Å². The Hall–Kier alpha value is -1.50. The van der Waals surface area contributed by atoms with Crippen molar-refractivity contribution < 1.29 is 8.42 Å². The highest BCUT2D eigenvalue weighted by atomic mass is 35.5. The fourth-order valence-corrected chi connectivity index (χ4v) is 4.79. The van der Waals surface area contributed by atoms with Gasteiger partial charge in [-0.3, -0.25) is 4.72 Å². The Morgan fingerprint density at radius 2 is 2.08 bits per heavy atom. The van der Waals surface area contributed by atoms with E-state index in [2.05, 4.69) is 22.7 Å². The van der Waals surface area contributed by atoms with E-state index in [1.807, 2.05) is 24.4 Å². The van der Waals surface area contributed by atoms with Gasteiger partial charge >= 0.3 is 0 Å². The summed E-state index contributed by atoms with van der Waals surface area (Å²) in [5.74, 6) is 0.245. The van der Waals surface area contributed by atoms with Crippen LogP contribution in [0.25, 0.3) is 10.9 Å². The third-order valence-corrected chi connectivity index (χ3v) is 5.87. The van der Waals surface area contributed by atoms with Gasteiger partial charge in [-0.15, -0.1) is 11.3 Å². The molecule has 0 aliphatic heterocycles. The number of aromatic nitrogens is 1. The number of nitrogens with one attached hydrogen (secondary N) is 2. The second-order valence-corrected chi connectivity index (χ2v) is 9.32. The summed E-state index contributed by atoms with van der Waals surface area (Å²) in [7, 11) is -3.32. The number of H-pyrrole nitrogens is 1.